The van der Waals surface area contributed by atoms with Gasteiger partial charge in [0.05, 0.1) is 5.25 Å². The Morgan fingerprint density at radius 3 is 2.30 bits per heavy atom. The third kappa shape index (κ3) is 5.73. The second-order valence-corrected chi connectivity index (χ2v) is 7.21. The van der Waals surface area contributed by atoms with Crippen molar-refractivity contribution in [3.8, 4) is 0 Å². The SMILES string of the molecule is C[C@@H](Sc1ccccc1)C(=O)NCc1ccccc1CN(C)C. The number of nitrogens with zero attached hydrogens (tertiary/aromatic N) is 1. The minimum atomic E-state index is -0.113. The third-order valence-corrected chi connectivity index (χ3v) is 4.60. The minimum absolute atomic E-state index is 0.0681. The average molecular weight is 328 g/mol. The van der Waals surface area contributed by atoms with E-state index in [0.717, 1.165) is 11.4 Å². The van der Waals surface area contributed by atoms with Crippen molar-refractivity contribution < 1.29 is 4.79 Å². The Morgan fingerprint density at radius 2 is 1.65 bits per heavy atom. The molecule has 1 amide bonds. The number of carbonyl (C=O) groups is 1. The molecule has 0 aliphatic heterocycles. The zero-order chi connectivity index (χ0) is 16.7. The number of carbonyl (C=O) groups excluding carboxylic acids is 1. The summed E-state index contributed by atoms with van der Waals surface area (Å²) in [4.78, 5) is 15.6. The molecule has 0 fully saturated rings. The van der Waals surface area contributed by atoms with Gasteiger partial charge in [-0.3, -0.25) is 4.79 Å². The third-order valence-electron chi connectivity index (χ3n) is 3.48. The van der Waals surface area contributed by atoms with Crippen molar-refractivity contribution in [1.82, 2.24) is 10.2 Å². The molecule has 0 aliphatic carbocycles. The van der Waals surface area contributed by atoms with Crippen molar-refractivity contribution in [1.29, 1.82) is 0 Å². The zero-order valence-corrected chi connectivity index (χ0v) is 14.8. The van der Waals surface area contributed by atoms with Gasteiger partial charge in [0.15, 0.2) is 0 Å². The highest BCUT2D eigenvalue weighted by Gasteiger charge is 2.14. The van der Waals surface area contributed by atoms with E-state index in [9.17, 15) is 4.79 Å². The van der Waals surface area contributed by atoms with Gasteiger partial charge in [-0.05, 0) is 44.3 Å². The number of benzene rings is 2. The second-order valence-electron chi connectivity index (χ2n) is 5.80. The van der Waals surface area contributed by atoms with Gasteiger partial charge in [0.1, 0.15) is 0 Å². The molecule has 4 heteroatoms. The van der Waals surface area contributed by atoms with E-state index in [4.69, 9.17) is 0 Å². The topological polar surface area (TPSA) is 32.3 Å². The first-order valence-electron chi connectivity index (χ1n) is 7.77. The number of amides is 1. The first-order chi connectivity index (χ1) is 11.1. The molecule has 122 valence electrons. The summed E-state index contributed by atoms with van der Waals surface area (Å²) in [5.41, 5.74) is 2.42. The smallest absolute Gasteiger partial charge is 0.233 e. The van der Waals surface area contributed by atoms with Gasteiger partial charge >= 0.3 is 0 Å². The van der Waals surface area contributed by atoms with Crippen LogP contribution in [-0.4, -0.2) is 30.2 Å². The molecule has 0 saturated heterocycles. The van der Waals surface area contributed by atoms with Crippen molar-refractivity contribution in [2.45, 2.75) is 30.2 Å². The average Bonchev–Trinajstić information content (AvgIpc) is 2.54. The highest BCUT2D eigenvalue weighted by molar-refractivity contribution is 8.00. The largest absolute Gasteiger partial charge is 0.351 e. The van der Waals surface area contributed by atoms with Gasteiger partial charge in [0.25, 0.3) is 0 Å². The molecule has 1 atom stereocenters. The van der Waals surface area contributed by atoms with Crippen LogP contribution < -0.4 is 5.32 Å². The summed E-state index contributed by atoms with van der Waals surface area (Å²) in [7, 11) is 4.10. The predicted octanol–water partition coefficient (Wildman–Crippen LogP) is 3.55. The Hall–Kier alpha value is -1.78. The Balaban J connectivity index is 1.91. The molecule has 3 nitrogen and oxygen atoms in total. The summed E-state index contributed by atoms with van der Waals surface area (Å²) >= 11 is 1.58. The number of nitrogens with one attached hydrogen (secondary N) is 1. The van der Waals surface area contributed by atoms with Crippen LogP contribution in [0.25, 0.3) is 0 Å². The van der Waals surface area contributed by atoms with Crippen LogP contribution >= 0.6 is 11.8 Å². The fraction of sp³-hybridized carbons (Fsp3) is 0.316. The van der Waals surface area contributed by atoms with Crippen LogP contribution in [0.5, 0.6) is 0 Å². The number of hydrogen-bond acceptors (Lipinski definition) is 3. The van der Waals surface area contributed by atoms with Crippen LogP contribution in [0, 0.1) is 0 Å². The van der Waals surface area contributed by atoms with Crippen LogP contribution in [-0.2, 0) is 17.9 Å². The summed E-state index contributed by atoms with van der Waals surface area (Å²) in [6.07, 6.45) is 0. The molecule has 0 spiro atoms. The molecule has 0 saturated carbocycles. The summed E-state index contributed by atoms with van der Waals surface area (Å²) in [6, 6.07) is 18.3. The van der Waals surface area contributed by atoms with Gasteiger partial charge in [-0.1, -0.05) is 42.5 Å². The van der Waals surface area contributed by atoms with Crippen molar-refractivity contribution in [3.05, 3.63) is 65.7 Å². The molecule has 0 aromatic heterocycles. The molecule has 1 N–H and O–H groups in total. The summed E-state index contributed by atoms with van der Waals surface area (Å²) in [5.74, 6) is 0.0681. The molecule has 0 bridgehead atoms. The lowest BCUT2D eigenvalue weighted by molar-refractivity contribution is -0.120. The maximum Gasteiger partial charge on any atom is 0.233 e. The first-order valence-corrected chi connectivity index (χ1v) is 8.65. The van der Waals surface area contributed by atoms with Crippen molar-refractivity contribution in [2.24, 2.45) is 0 Å². The molecule has 0 aliphatic rings. The minimum Gasteiger partial charge on any atom is -0.351 e. The zero-order valence-electron chi connectivity index (χ0n) is 14.0. The summed E-state index contributed by atoms with van der Waals surface area (Å²) in [5, 5.41) is 2.94. The number of thioether (sulfide) groups is 1. The van der Waals surface area contributed by atoms with E-state index < -0.39 is 0 Å². The van der Waals surface area contributed by atoms with E-state index >= 15 is 0 Å². The lowest BCUT2D eigenvalue weighted by Crippen LogP contribution is -2.30. The van der Waals surface area contributed by atoms with Crippen molar-refractivity contribution in [3.63, 3.8) is 0 Å². The van der Waals surface area contributed by atoms with Gasteiger partial charge in [-0.2, -0.15) is 0 Å². The lowest BCUT2D eigenvalue weighted by atomic mass is 10.1. The maximum absolute atomic E-state index is 12.3. The van der Waals surface area contributed by atoms with Crippen LogP contribution in [0.3, 0.4) is 0 Å². The molecule has 0 unspecified atom stereocenters. The number of hydrogen-bond donors (Lipinski definition) is 1. The Labute approximate surface area is 143 Å². The molecular weight excluding hydrogens is 304 g/mol. The van der Waals surface area contributed by atoms with Gasteiger partial charge < -0.3 is 10.2 Å². The second kappa shape index (κ2) is 8.75. The van der Waals surface area contributed by atoms with Crippen molar-refractivity contribution in [2.75, 3.05) is 14.1 Å². The molecule has 2 aromatic rings. The Kier molecular flexibility index (Phi) is 6.68. The molecule has 2 rings (SSSR count). The number of rotatable bonds is 7. The quantitative estimate of drug-likeness (QED) is 0.789. The highest BCUT2D eigenvalue weighted by atomic mass is 32.2. The van der Waals surface area contributed by atoms with Crippen LogP contribution in [0.1, 0.15) is 18.1 Å². The Bertz CT molecular complexity index is 628. The molecule has 2 aromatic carbocycles. The van der Waals surface area contributed by atoms with E-state index in [1.54, 1.807) is 11.8 Å². The molecular formula is C19H24N2OS. The van der Waals surface area contributed by atoms with Crippen LogP contribution in [0.15, 0.2) is 59.5 Å². The summed E-state index contributed by atoms with van der Waals surface area (Å²) in [6.45, 7) is 3.39. The highest BCUT2D eigenvalue weighted by Crippen LogP contribution is 2.22. The molecule has 0 radical (unpaired) electrons. The normalized spacial score (nSPS) is 12.2. The van der Waals surface area contributed by atoms with Gasteiger partial charge in [-0.25, -0.2) is 0 Å². The monoisotopic (exact) mass is 328 g/mol. The van der Waals surface area contributed by atoms with Crippen LogP contribution in [0.2, 0.25) is 0 Å². The Morgan fingerprint density at radius 1 is 1.04 bits per heavy atom. The van der Waals surface area contributed by atoms with Crippen LogP contribution in [0.4, 0.5) is 0 Å². The molecule has 0 heterocycles. The predicted molar refractivity (Wildman–Crippen MR) is 97.4 cm³/mol. The van der Waals surface area contributed by atoms with E-state index in [0.29, 0.717) is 6.54 Å². The molecule has 23 heavy (non-hydrogen) atoms. The fourth-order valence-corrected chi connectivity index (χ4v) is 3.22. The van der Waals surface area contributed by atoms with Gasteiger partial charge in [0, 0.05) is 18.0 Å². The van der Waals surface area contributed by atoms with E-state index in [1.807, 2.05) is 63.5 Å². The van der Waals surface area contributed by atoms with Gasteiger partial charge in [0.2, 0.25) is 5.91 Å². The maximum atomic E-state index is 12.3. The van der Waals surface area contributed by atoms with Gasteiger partial charge in [-0.15, -0.1) is 11.8 Å². The fourth-order valence-electron chi connectivity index (χ4n) is 2.31. The van der Waals surface area contributed by atoms with E-state index in [1.165, 1.54) is 11.1 Å². The van der Waals surface area contributed by atoms with Crippen molar-refractivity contribution >= 4 is 17.7 Å². The first kappa shape index (κ1) is 17.6. The standard InChI is InChI=1S/C19H24N2OS/c1-15(23-18-11-5-4-6-12-18)19(22)20-13-16-9-7-8-10-17(16)14-21(2)3/h4-12,15H,13-14H2,1-3H3,(H,20,22)/t15-/m1/s1. The van der Waals surface area contributed by atoms with E-state index in [-0.39, 0.29) is 11.2 Å². The van der Waals surface area contributed by atoms with E-state index in [2.05, 4.69) is 22.3 Å². The lowest BCUT2D eigenvalue weighted by Gasteiger charge is -2.16. The summed E-state index contributed by atoms with van der Waals surface area (Å²) < 4.78 is 0.